The molecule has 6 heteroatoms. The number of nitrogens with one attached hydrogen (secondary N) is 3. The SMILES string of the molecule is CNc1ncccc1NCCCNCCc1cccc(CC(C)(C)C(=O)O)c1.c1ccccc1. The van der Waals surface area contributed by atoms with E-state index in [0.717, 1.165) is 49.5 Å². The number of rotatable bonds is 12. The maximum atomic E-state index is 11.3. The van der Waals surface area contributed by atoms with Crippen molar-refractivity contribution in [1.82, 2.24) is 10.3 Å². The largest absolute Gasteiger partial charge is 0.481 e. The number of carboxylic acid groups (broad SMARTS) is 1. The molecule has 34 heavy (non-hydrogen) atoms. The van der Waals surface area contributed by atoms with Crippen LogP contribution in [0.4, 0.5) is 11.5 Å². The van der Waals surface area contributed by atoms with Gasteiger partial charge in [0.1, 0.15) is 5.82 Å². The van der Waals surface area contributed by atoms with E-state index in [1.54, 1.807) is 20.0 Å². The van der Waals surface area contributed by atoms with Crippen molar-refractivity contribution in [2.75, 3.05) is 37.3 Å². The summed E-state index contributed by atoms with van der Waals surface area (Å²) in [5, 5.41) is 19.2. The van der Waals surface area contributed by atoms with Crippen molar-refractivity contribution in [1.29, 1.82) is 0 Å². The molecule has 3 aromatic rings. The summed E-state index contributed by atoms with van der Waals surface area (Å²) in [5.74, 6) is 0.0997. The second kappa shape index (κ2) is 14.7. The zero-order valence-corrected chi connectivity index (χ0v) is 20.6. The third-order valence-corrected chi connectivity index (χ3v) is 5.36. The second-order valence-electron chi connectivity index (χ2n) is 8.77. The first-order valence-corrected chi connectivity index (χ1v) is 11.8. The van der Waals surface area contributed by atoms with E-state index < -0.39 is 11.4 Å². The molecular weight excluding hydrogens is 424 g/mol. The Bertz CT molecular complexity index is 950. The van der Waals surface area contributed by atoms with Crippen LogP contribution in [0.3, 0.4) is 0 Å². The van der Waals surface area contributed by atoms with Gasteiger partial charge in [-0.25, -0.2) is 4.98 Å². The highest BCUT2D eigenvalue weighted by atomic mass is 16.4. The van der Waals surface area contributed by atoms with Crippen LogP contribution in [0.25, 0.3) is 0 Å². The lowest BCUT2D eigenvalue weighted by Crippen LogP contribution is -2.26. The van der Waals surface area contributed by atoms with Crippen LogP contribution >= 0.6 is 0 Å². The number of hydrogen-bond acceptors (Lipinski definition) is 5. The molecule has 0 radical (unpaired) electrons. The van der Waals surface area contributed by atoms with Gasteiger partial charge < -0.3 is 21.1 Å². The van der Waals surface area contributed by atoms with Crippen LogP contribution in [-0.2, 0) is 17.6 Å². The lowest BCUT2D eigenvalue weighted by molar-refractivity contribution is -0.146. The van der Waals surface area contributed by atoms with Crippen molar-refractivity contribution in [3.63, 3.8) is 0 Å². The van der Waals surface area contributed by atoms with Crippen molar-refractivity contribution >= 4 is 17.5 Å². The van der Waals surface area contributed by atoms with E-state index in [-0.39, 0.29) is 0 Å². The minimum Gasteiger partial charge on any atom is -0.481 e. The summed E-state index contributed by atoms with van der Waals surface area (Å²) in [6.45, 7) is 6.26. The molecule has 0 atom stereocenters. The predicted octanol–water partition coefficient (Wildman–Crippen LogP) is 5.10. The molecule has 1 heterocycles. The Kier molecular flexibility index (Phi) is 11.6. The lowest BCUT2D eigenvalue weighted by Gasteiger charge is -2.19. The number of pyridine rings is 1. The van der Waals surface area contributed by atoms with Crippen LogP contribution in [0, 0.1) is 5.41 Å². The molecule has 2 aromatic carbocycles. The minimum atomic E-state index is -0.763. The third kappa shape index (κ3) is 10.0. The summed E-state index contributed by atoms with van der Waals surface area (Å²) in [6.07, 6.45) is 4.26. The van der Waals surface area contributed by atoms with Crippen molar-refractivity contribution < 1.29 is 9.90 Å². The Morgan fingerprint density at radius 2 is 1.59 bits per heavy atom. The molecule has 1 aromatic heterocycles. The number of aliphatic carboxylic acids is 1. The van der Waals surface area contributed by atoms with Gasteiger partial charge in [-0.1, -0.05) is 60.7 Å². The molecule has 0 saturated heterocycles. The van der Waals surface area contributed by atoms with Crippen LogP contribution in [0.5, 0.6) is 0 Å². The normalized spacial score (nSPS) is 10.7. The van der Waals surface area contributed by atoms with Crippen molar-refractivity contribution in [3.8, 4) is 0 Å². The summed E-state index contributed by atoms with van der Waals surface area (Å²) in [7, 11) is 1.87. The minimum absolute atomic E-state index is 0.540. The van der Waals surface area contributed by atoms with Crippen molar-refractivity contribution in [3.05, 3.63) is 90.1 Å². The molecule has 0 bridgehead atoms. The number of aromatic nitrogens is 1. The molecule has 6 nitrogen and oxygen atoms in total. The first kappa shape index (κ1) is 26.9. The van der Waals surface area contributed by atoms with E-state index in [1.165, 1.54) is 5.56 Å². The summed E-state index contributed by atoms with van der Waals surface area (Å²) in [5.41, 5.74) is 2.58. The monoisotopic (exact) mass is 462 g/mol. The molecule has 0 saturated carbocycles. The average Bonchev–Trinajstić information content (AvgIpc) is 2.85. The predicted molar refractivity (Wildman–Crippen MR) is 141 cm³/mol. The molecule has 3 rings (SSSR count). The quantitative estimate of drug-likeness (QED) is 0.280. The number of benzene rings is 2. The highest BCUT2D eigenvalue weighted by Gasteiger charge is 2.27. The first-order chi connectivity index (χ1) is 16.4. The molecular formula is C28H38N4O2. The topological polar surface area (TPSA) is 86.3 Å². The molecule has 4 N–H and O–H groups in total. The van der Waals surface area contributed by atoms with Gasteiger partial charge in [-0.15, -0.1) is 0 Å². The average molecular weight is 463 g/mol. The highest BCUT2D eigenvalue weighted by Crippen LogP contribution is 2.22. The molecule has 0 fully saturated rings. The van der Waals surface area contributed by atoms with Crippen LogP contribution < -0.4 is 16.0 Å². The highest BCUT2D eigenvalue weighted by molar-refractivity contribution is 5.74. The Morgan fingerprint density at radius 1 is 0.912 bits per heavy atom. The Labute approximate surface area is 203 Å². The van der Waals surface area contributed by atoms with E-state index in [1.807, 2.05) is 67.7 Å². The number of carbonyl (C=O) groups is 1. The summed E-state index contributed by atoms with van der Waals surface area (Å²) >= 11 is 0. The standard InChI is InChI=1S/C22H32N4O2.C6H6/c1-22(2,21(27)28)16-18-8-4-7-17(15-18)10-14-24-11-6-13-25-19-9-5-12-26-20(19)23-3;1-2-4-6-5-3-1/h4-5,7-9,12,15,24-25H,6,10-11,13-14,16H2,1-3H3,(H,23,26)(H,27,28);1-6H. The van der Waals surface area contributed by atoms with Gasteiger partial charge in [-0.3, -0.25) is 4.79 Å². The van der Waals surface area contributed by atoms with Gasteiger partial charge >= 0.3 is 5.97 Å². The lowest BCUT2D eigenvalue weighted by atomic mass is 9.85. The molecule has 182 valence electrons. The molecule has 0 aliphatic carbocycles. The van der Waals surface area contributed by atoms with E-state index >= 15 is 0 Å². The fourth-order valence-corrected chi connectivity index (χ4v) is 3.41. The fourth-order valence-electron chi connectivity index (χ4n) is 3.41. The molecule has 0 amide bonds. The van der Waals surface area contributed by atoms with Gasteiger partial charge in [0.2, 0.25) is 0 Å². The first-order valence-electron chi connectivity index (χ1n) is 11.8. The van der Waals surface area contributed by atoms with Crippen LogP contribution in [0.1, 0.15) is 31.4 Å². The molecule has 0 aliphatic rings. The summed E-state index contributed by atoms with van der Waals surface area (Å²) < 4.78 is 0. The van der Waals surface area contributed by atoms with Gasteiger partial charge in [0.25, 0.3) is 0 Å². The van der Waals surface area contributed by atoms with Gasteiger partial charge in [0.05, 0.1) is 11.1 Å². The van der Waals surface area contributed by atoms with Crippen LogP contribution in [-0.4, -0.2) is 42.7 Å². The number of nitrogens with zero attached hydrogens (tertiary/aromatic N) is 1. The van der Waals surface area contributed by atoms with Crippen LogP contribution in [0.15, 0.2) is 79.0 Å². The summed E-state index contributed by atoms with van der Waals surface area (Å²) in [6, 6.07) is 24.2. The van der Waals surface area contributed by atoms with Crippen molar-refractivity contribution in [2.45, 2.75) is 33.1 Å². The number of hydrogen-bond donors (Lipinski definition) is 4. The van der Waals surface area contributed by atoms with E-state index in [2.05, 4.69) is 33.1 Å². The Balaban J connectivity index is 0.000000589. The molecule has 0 unspecified atom stereocenters. The van der Waals surface area contributed by atoms with Gasteiger partial charge in [0, 0.05) is 19.8 Å². The summed E-state index contributed by atoms with van der Waals surface area (Å²) in [4.78, 5) is 15.6. The maximum Gasteiger partial charge on any atom is 0.309 e. The smallest absolute Gasteiger partial charge is 0.309 e. The zero-order chi connectivity index (χ0) is 24.7. The van der Waals surface area contributed by atoms with E-state index in [0.29, 0.717) is 6.42 Å². The fraction of sp³-hybridized carbons (Fsp3) is 0.357. The van der Waals surface area contributed by atoms with E-state index in [4.69, 9.17) is 0 Å². The Hall–Kier alpha value is -3.38. The second-order valence-corrected chi connectivity index (χ2v) is 8.77. The zero-order valence-electron chi connectivity index (χ0n) is 20.6. The molecule has 0 aliphatic heterocycles. The van der Waals surface area contributed by atoms with Gasteiger partial charge in [0.15, 0.2) is 0 Å². The number of carboxylic acids is 1. The van der Waals surface area contributed by atoms with Crippen molar-refractivity contribution in [2.24, 2.45) is 5.41 Å². The van der Waals surface area contributed by atoms with E-state index in [9.17, 15) is 9.90 Å². The third-order valence-electron chi connectivity index (χ3n) is 5.36. The van der Waals surface area contributed by atoms with Gasteiger partial charge in [-0.05, 0) is 69.5 Å². The molecule has 0 spiro atoms. The Morgan fingerprint density at radius 3 is 2.24 bits per heavy atom. The maximum absolute atomic E-state index is 11.3. The van der Waals surface area contributed by atoms with Gasteiger partial charge in [-0.2, -0.15) is 0 Å². The number of anilines is 2. The van der Waals surface area contributed by atoms with Crippen LogP contribution in [0.2, 0.25) is 0 Å².